The summed E-state index contributed by atoms with van der Waals surface area (Å²) in [5.41, 5.74) is 11.5. The number of para-hydroxylation sites is 2. The average Bonchev–Trinajstić information content (AvgIpc) is 3.61. The van der Waals surface area contributed by atoms with Crippen LogP contribution in [0, 0.1) is 0 Å². The Balaban J connectivity index is 1.19. The van der Waals surface area contributed by atoms with Crippen molar-refractivity contribution in [1.29, 1.82) is 0 Å². The van der Waals surface area contributed by atoms with E-state index in [0.717, 1.165) is 33.1 Å². The van der Waals surface area contributed by atoms with Gasteiger partial charge in [0.25, 0.3) is 0 Å². The molecule has 246 valence electrons. The van der Waals surface area contributed by atoms with E-state index in [2.05, 4.69) is 182 Å². The lowest BCUT2D eigenvalue weighted by atomic mass is 9.83. The van der Waals surface area contributed by atoms with E-state index in [1.807, 2.05) is 12.1 Å². The Hall–Kier alpha value is -6.96. The first kappa shape index (κ1) is 29.7. The Bertz CT molecular complexity index is 3210. The minimum atomic E-state index is 0.915. The van der Waals surface area contributed by atoms with E-state index in [4.69, 9.17) is 4.42 Å². The van der Waals surface area contributed by atoms with Gasteiger partial charge in [-0.1, -0.05) is 182 Å². The van der Waals surface area contributed by atoms with Gasteiger partial charge in [0.05, 0.1) is 0 Å². The first-order valence-corrected chi connectivity index (χ1v) is 18.3. The highest BCUT2D eigenvalue weighted by molar-refractivity contribution is 6.24. The summed E-state index contributed by atoms with van der Waals surface area (Å²) in [5.74, 6) is 0. The zero-order valence-electron chi connectivity index (χ0n) is 28.9. The Labute approximate surface area is 307 Å². The van der Waals surface area contributed by atoms with E-state index in [1.165, 1.54) is 76.5 Å². The molecule has 0 spiro atoms. The Morgan fingerprint density at radius 2 is 0.755 bits per heavy atom. The molecule has 0 amide bonds. The molecule has 0 N–H and O–H groups in total. The van der Waals surface area contributed by atoms with Crippen molar-refractivity contribution >= 4 is 65.0 Å². The molecule has 11 rings (SSSR count). The van der Waals surface area contributed by atoms with Gasteiger partial charge in [0.15, 0.2) is 0 Å². The molecule has 1 heteroatoms. The quantitative estimate of drug-likeness (QED) is 0.170. The number of hydrogen-bond donors (Lipinski definition) is 0. The van der Waals surface area contributed by atoms with Crippen molar-refractivity contribution in [1.82, 2.24) is 0 Å². The predicted molar refractivity (Wildman–Crippen MR) is 225 cm³/mol. The molecule has 0 fully saturated rings. The maximum absolute atomic E-state index is 6.44. The Morgan fingerprint density at radius 3 is 1.51 bits per heavy atom. The molecular formula is C52H32O. The molecule has 0 bridgehead atoms. The second-order valence-electron chi connectivity index (χ2n) is 14.0. The molecule has 1 nitrogen and oxygen atoms in total. The van der Waals surface area contributed by atoms with Crippen molar-refractivity contribution in [3.05, 3.63) is 194 Å². The lowest BCUT2D eigenvalue weighted by Crippen LogP contribution is -1.93. The highest BCUT2D eigenvalue weighted by atomic mass is 16.3. The van der Waals surface area contributed by atoms with E-state index in [9.17, 15) is 0 Å². The van der Waals surface area contributed by atoms with Crippen LogP contribution in [0.5, 0.6) is 0 Å². The largest absolute Gasteiger partial charge is 0.455 e. The van der Waals surface area contributed by atoms with Crippen LogP contribution in [-0.2, 0) is 0 Å². The summed E-state index contributed by atoms with van der Waals surface area (Å²) < 4.78 is 6.44. The monoisotopic (exact) mass is 672 g/mol. The Morgan fingerprint density at radius 1 is 0.264 bits per heavy atom. The van der Waals surface area contributed by atoms with Gasteiger partial charge in [0, 0.05) is 16.3 Å². The summed E-state index contributed by atoms with van der Waals surface area (Å²) in [6, 6.07) is 70.6. The van der Waals surface area contributed by atoms with Crippen LogP contribution in [0.1, 0.15) is 0 Å². The SMILES string of the molecule is c1ccc2c(-c3ccc4c(-c5cccc6ccccc56)c5ccccc5c(-c5ccc(-c6cccc7c6oc6ccccc67)cc5)c4c3)cccc2c1. The van der Waals surface area contributed by atoms with Crippen LogP contribution in [-0.4, -0.2) is 0 Å². The van der Waals surface area contributed by atoms with E-state index in [1.54, 1.807) is 0 Å². The lowest BCUT2D eigenvalue weighted by molar-refractivity contribution is 0.670. The number of benzene rings is 10. The Kier molecular flexibility index (Phi) is 6.62. The number of hydrogen-bond acceptors (Lipinski definition) is 1. The van der Waals surface area contributed by atoms with E-state index in [-0.39, 0.29) is 0 Å². The summed E-state index contributed by atoms with van der Waals surface area (Å²) >= 11 is 0. The topological polar surface area (TPSA) is 13.1 Å². The van der Waals surface area contributed by atoms with Crippen molar-refractivity contribution in [2.75, 3.05) is 0 Å². The van der Waals surface area contributed by atoms with Crippen LogP contribution in [0.25, 0.3) is 110 Å². The minimum Gasteiger partial charge on any atom is -0.455 e. The van der Waals surface area contributed by atoms with Gasteiger partial charge in [-0.3, -0.25) is 0 Å². The number of rotatable bonds is 4. The van der Waals surface area contributed by atoms with E-state index in [0.29, 0.717) is 0 Å². The molecule has 0 aliphatic heterocycles. The highest BCUT2D eigenvalue weighted by Gasteiger charge is 2.20. The van der Waals surface area contributed by atoms with Crippen LogP contribution in [0.15, 0.2) is 199 Å². The van der Waals surface area contributed by atoms with Crippen LogP contribution in [0.2, 0.25) is 0 Å². The smallest absolute Gasteiger partial charge is 0.143 e. The molecule has 53 heavy (non-hydrogen) atoms. The van der Waals surface area contributed by atoms with Crippen molar-refractivity contribution in [3.8, 4) is 44.5 Å². The van der Waals surface area contributed by atoms with Crippen LogP contribution in [0.4, 0.5) is 0 Å². The molecule has 0 saturated carbocycles. The van der Waals surface area contributed by atoms with Crippen molar-refractivity contribution in [2.45, 2.75) is 0 Å². The molecule has 1 heterocycles. The zero-order chi connectivity index (χ0) is 34.9. The summed E-state index contributed by atoms with van der Waals surface area (Å²) in [7, 11) is 0. The molecular weight excluding hydrogens is 641 g/mol. The second kappa shape index (κ2) is 11.8. The molecule has 0 unspecified atom stereocenters. The van der Waals surface area contributed by atoms with Crippen LogP contribution < -0.4 is 0 Å². The summed E-state index contributed by atoms with van der Waals surface area (Å²) in [6.45, 7) is 0. The van der Waals surface area contributed by atoms with Gasteiger partial charge in [0.1, 0.15) is 11.2 Å². The first-order chi connectivity index (χ1) is 26.3. The summed E-state index contributed by atoms with van der Waals surface area (Å²) in [5, 5.41) is 12.3. The van der Waals surface area contributed by atoms with Gasteiger partial charge in [-0.25, -0.2) is 0 Å². The van der Waals surface area contributed by atoms with E-state index < -0.39 is 0 Å². The highest BCUT2D eigenvalue weighted by Crippen LogP contribution is 2.47. The molecule has 0 aliphatic carbocycles. The van der Waals surface area contributed by atoms with Crippen LogP contribution >= 0.6 is 0 Å². The van der Waals surface area contributed by atoms with Crippen molar-refractivity contribution in [2.24, 2.45) is 0 Å². The fourth-order valence-corrected chi connectivity index (χ4v) is 8.66. The van der Waals surface area contributed by atoms with E-state index >= 15 is 0 Å². The third kappa shape index (κ3) is 4.64. The van der Waals surface area contributed by atoms with Gasteiger partial charge >= 0.3 is 0 Å². The van der Waals surface area contributed by atoms with Gasteiger partial charge in [-0.2, -0.15) is 0 Å². The number of fused-ring (bicyclic) bond motifs is 7. The molecule has 0 saturated heterocycles. The predicted octanol–water partition coefficient (Wildman–Crippen LogP) is 14.9. The van der Waals surface area contributed by atoms with Gasteiger partial charge in [-0.05, 0) is 94.2 Å². The fraction of sp³-hybridized carbons (Fsp3) is 0. The molecule has 0 aliphatic rings. The lowest BCUT2D eigenvalue weighted by Gasteiger charge is -2.20. The zero-order valence-corrected chi connectivity index (χ0v) is 28.9. The maximum Gasteiger partial charge on any atom is 0.143 e. The summed E-state index contributed by atoms with van der Waals surface area (Å²) in [6.07, 6.45) is 0. The van der Waals surface area contributed by atoms with Gasteiger partial charge in [-0.15, -0.1) is 0 Å². The third-order valence-corrected chi connectivity index (χ3v) is 11.1. The molecule has 1 aromatic heterocycles. The third-order valence-electron chi connectivity index (χ3n) is 11.1. The average molecular weight is 673 g/mol. The number of furan rings is 1. The molecule has 0 radical (unpaired) electrons. The van der Waals surface area contributed by atoms with Crippen molar-refractivity contribution in [3.63, 3.8) is 0 Å². The molecule has 11 aromatic rings. The second-order valence-corrected chi connectivity index (χ2v) is 14.0. The normalized spacial score (nSPS) is 11.8. The fourth-order valence-electron chi connectivity index (χ4n) is 8.66. The minimum absolute atomic E-state index is 0.915. The summed E-state index contributed by atoms with van der Waals surface area (Å²) in [4.78, 5) is 0. The van der Waals surface area contributed by atoms with Gasteiger partial charge in [0.2, 0.25) is 0 Å². The molecule has 10 aromatic carbocycles. The van der Waals surface area contributed by atoms with Gasteiger partial charge < -0.3 is 4.42 Å². The maximum atomic E-state index is 6.44. The standard InChI is InChI=1S/C52H32O/c1-3-16-38-33(12-1)14-9-21-40(38)37-30-31-46-48(32-37)50(44-19-5-6-20-45(44)51(46)43-23-10-15-34-13-2-4-17-39(34)43)36-28-26-35(27-29-36)41-22-11-24-47-42-18-7-8-25-49(42)53-52(41)47/h1-32H. The first-order valence-electron chi connectivity index (χ1n) is 18.3. The molecule has 0 atom stereocenters. The van der Waals surface area contributed by atoms with Crippen molar-refractivity contribution < 1.29 is 4.42 Å². The van der Waals surface area contributed by atoms with Crippen LogP contribution in [0.3, 0.4) is 0 Å².